The van der Waals surface area contributed by atoms with E-state index in [1.807, 2.05) is 13.0 Å². The molecule has 0 radical (unpaired) electrons. The third-order valence-corrected chi connectivity index (χ3v) is 3.07. The van der Waals surface area contributed by atoms with E-state index in [0.29, 0.717) is 25.9 Å². The molecule has 1 aliphatic heterocycles. The number of aryl methyl sites for hydroxylation is 1. The van der Waals surface area contributed by atoms with Gasteiger partial charge in [0.1, 0.15) is 11.5 Å². The van der Waals surface area contributed by atoms with Gasteiger partial charge in [0.05, 0.1) is 12.5 Å². The first-order chi connectivity index (χ1) is 8.56. The second-order valence-electron chi connectivity index (χ2n) is 4.66. The van der Waals surface area contributed by atoms with Gasteiger partial charge in [-0.3, -0.25) is 9.59 Å². The number of carbonyl (C=O) groups is 2. The molecule has 6 nitrogen and oxygen atoms in total. The van der Waals surface area contributed by atoms with Gasteiger partial charge in [0.25, 0.3) is 0 Å². The van der Waals surface area contributed by atoms with Crippen molar-refractivity contribution in [3.05, 3.63) is 17.5 Å². The first kappa shape index (κ1) is 12.6. The molecule has 1 aromatic rings. The van der Waals surface area contributed by atoms with Gasteiger partial charge < -0.3 is 14.7 Å². The number of rotatable bonds is 3. The second-order valence-corrected chi connectivity index (χ2v) is 4.66. The molecule has 0 aromatic carbocycles. The average Bonchev–Trinajstić information content (AvgIpc) is 2.75. The highest BCUT2D eigenvalue weighted by Gasteiger charge is 2.27. The first-order valence-corrected chi connectivity index (χ1v) is 6.00. The quantitative estimate of drug-likeness (QED) is 0.847. The third-order valence-electron chi connectivity index (χ3n) is 3.07. The van der Waals surface area contributed by atoms with Gasteiger partial charge in [-0.25, -0.2) is 0 Å². The number of carbonyl (C=O) groups excluding carboxylic acids is 2. The molecule has 1 aromatic heterocycles. The number of hydrogen-bond donors (Lipinski definition) is 1. The fourth-order valence-electron chi connectivity index (χ4n) is 2.07. The van der Waals surface area contributed by atoms with Crippen LogP contribution in [0.15, 0.2) is 10.6 Å². The summed E-state index contributed by atoms with van der Waals surface area (Å²) >= 11 is 0. The minimum atomic E-state index is -0.124. The molecule has 1 N–H and O–H groups in total. The SMILES string of the molecule is Cc1cc(CN(C)C(=O)C2CCC(=O)NC2)no1. The summed E-state index contributed by atoms with van der Waals surface area (Å²) in [7, 11) is 1.74. The van der Waals surface area contributed by atoms with E-state index in [1.54, 1.807) is 11.9 Å². The first-order valence-electron chi connectivity index (χ1n) is 6.00. The molecule has 98 valence electrons. The molecule has 0 bridgehead atoms. The summed E-state index contributed by atoms with van der Waals surface area (Å²) in [6.45, 7) is 2.68. The Labute approximate surface area is 105 Å². The van der Waals surface area contributed by atoms with E-state index in [2.05, 4.69) is 10.5 Å². The molecule has 1 atom stereocenters. The summed E-state index contributed by atoms with van der Waals surface area (Å²) in [4.78, 5) is 24.8. The van der Waals surface area contributed by atoms with E-state index < -0.39 is 0 Å². The minimum Gasteiger partial charge on any atom is -0.361 e. The number of aromatic nitrogens is 1. The van der Waals surface area contributed by atoms with E-state index in [9.17, 15) is 9.59 Å². The zero-order valence-electron chi connectivity index (χ0n) is 10.6. The van der Waals surface area contributed by atoms with Gasteiger partial charge in [-0.2, -0.15) is 0 Å². The van der Waals surface area contributed by atoms with Crippen LogP contribution in [0.5, 0.6) is 0 Å². The number of piperidine rings is 1. The predicted molar refractivity (Wildman–Crippen MR) is 63.4 cm³/mol. The topological polar surface area (TPSA) is 75.4 Å². The van der Waals surface area contributed by atoms with Crippen molar-refractivity contribution in [1.82, 2.24) is 15.4 Å². The monoisotopic (exact) mass is 251 g/mol. The smallest absolute Gasteiger partial charge is 0.227 e. The summed E-state index contributed by atoms with van der Waals surface area (Å²) in [6, 6.07) is 1.81. The highest BCUT2D eigenvalue weighted by Crippen LogP contribution is 2.15. The largest absolute Gasteiger partial charge is 0.361 e. The normalized spacial score (nSPS) is 19.4. The van der Waals surface area contributed by atoms with E-state index in [1.165, 1.54) is 0 Å². The Balaban J connectivity index is 1.90. The standard InChI is InChI=1S/C12H17N3O3/c1-8-5-10(14-18-8)7-15(2)12(17)9-3-4-11(16)13-6-9/h5,9H,3-4,6-7H2,1-2H3,(H,13,16). The van der Waals surface area contributed by atoms with Crippen LogP contribution in [0, 0.1) is 12.8 Å². The van der Waals surface area contributed by atoms with Crippen molar-refractivity contribution in [3.63, 3.8) is 0 Å². The van der Waals surface area contributed by atoms with Crippen LogP contribution in [0.3, 0.4) is 0 Å². The minimum absolute atomic E-state index is 0.0221. The molecule has 0 aliphatic carbocycles. The van der Waals surface area contributed by atoms with E-state index >= 15 is 0 Å². The molecule has 1 fully saturated rings. The summed E-state index contributed by atoms with van der Waals surface area (Å²) in [5.74, 6) is 0.668. The Bertz CT molecular complexity index is 445. The highest BCUT2D eigenvalue weighted by molar-refractivity contribution is 5.83. The van der Waals surface area contributed by atoms with Crippen molar-refractivity contribution < 1.29 is 14.1 Å². The lowest BCUT2D eigenvalue weighted by Crippen LogP contribution is -2.43. The van der Waals surface area contributed by atoms with Gasteiger partial charge in [0.15, 0.2) is 0 Å². The van der Waals surface area contributed by atoms with Crippen LogP contribution in [-0.2, 0) is 16.1 Å². The van der Waals surface area contributed by atoms with E-state index in [0.717, 1.165) is 11.5 Å². The number of amides is 2. The van der Waals surface area contributed by atoms with E-state index in [-0.39, 0.29) is 17.7 Å². The summed E-state index contributed by atoms with van der Waals surface area (Å²) in [5.41, 5.74) is 0.739. The lowest BCUT2D eigenvalue weighted by atomic mass is 9.98. The molecule has 6 heteroatoms. The predicted octanol–water partition coefficient (Wildman–Crippen LogP) is 0.468. The van der Waals surface area contributed by atoms with Crippen LogP contribution in [0.2, 0.25) is 0 Å². The molecule has 2 heterocycles. The molecule has 0 saturated carbocycles. The Hall–Kier alpha value is -1.85. The summed E-state index contributed by atoms with van der Waals surface area (Å²) in [6.07, 6.45) is 1.04. The van der Waals surface area contributed by atoms with Crippen LogP contribution in [0.1, 0.15) is 24.3 Å². The van der Waals surface area contributed by atoms with Crippen LogP contribution in [-0.4, -0.2) is 35.5 Å². The molecule has 0 spiro atoms. The Morgan fingerprint density at radius 2 is 2.44 bits per heavy atom. The lowest BCUT2D eigenvalue weighted by molar-refractivity contribution is -0.136. The fourth-order valence-corrected chi connectivity index (χ4v) is 2.07. The number of nitrogens with one attached hydrogen (secondary N) is 1. The Kier molecular flexibility index (Phi) is 3.64. The van der Waals surface area contributed by atoms with Gasteiger partial charge in [0, 0.05) is 26.1 Å². The van der Waals surface area contributed by atoms with Crippen molar-refractivity contribution in [2.75, 3.05) is 13.6 Å². The van der Waals surface area contributed by atoms with E-state index in [4.69, 9.17) is 4.52 Å². The maximum absolute atomic E-state index is 12.1. The van der Waals surface area contributed by atoms with Gasteiger partial charge >= 0.3 is 0 Å². The van der Waals surface area contributed by atoms with Gasteiger partial charge in [-0.15, -0.1) is 0 Å². The molecule has 2 amide bonds. The molecular formula is C12H17N3O3. The summed E-state index contributed by atoms with van der Waals surface area (Å²) in [5, 5.41) is 6.57. The van der Waals surface area contributed by atoms with Crippen LogP contribution in [0.4, 0.5) is 0 Å². The van der Waals surface area contributed by atoms with Crippen LogP contribution < -0.4 is 5.32 Å². The average molecular weight is 251 g/mol. The molecule has 1 saturated heterocycles. The maximum atomic E-state index is 12.1. The lowest BCUT2D eigenvalue weighted by Gasteiger charge is -2.26. The van der Waals surface area contributed by atoms with Gasteiger partial charge in [-0.1, -0.05) is 5.16 Å². The second kappa shape index (κ2) is 5.20. The fraction of sp³-hybridized carbons (Fsp3) is 0.583. The summed E-state index contributed by atoms with van der Waals surface area (Å²) < 4.78 is 4.96. The van der Waals surface area contributed by atoms with Gasteiger partial charge in [-0.05, 0) is 13.3 Å². The van der Waals surface area contributed by atoms with Crippen molar-refractivity contribution in [2.24, 2.45) is 5.92 Å². The van der Waals surface area contributed by atoms with Crippen LogP contribution in [0.25, 0.3) is 0 Å². The molecule has 18 heavy (non-hydrogen) atoms. The van der Waals surface area contributed by atoms with Crippen molar-refractivity contribution >= 4 is 11.8 Å². The Morgan fingerprint density at radius 1 is 1.67 bits per heavy atom. The maximum Gasteiger partial charge on any atom is 0.227 e. The molecular weight excluding hydrogens is 234 g/mol. The molecule has 2 rings (SSSR count). The third kappa shape index (κ3) is 2.88. The zero-order valence-corrected chi connectivity index (χ0v) is 10.6. The zero-order chi connectivity index (χ0) is 13.1. The van der Waals surface area contributed by atoms with Crippen molar-refractivity contribution in [3.8, 4) is 0 Å². The number of hydrogen-bond acceptors (Lipinski definition) is 4. The highest BCUT2D eigenvalue weighted by atomic mass is 16.5. The van der Waals surface area contributed by atoms with Crippen LogP contribution >= 0.6 is 0 Å². The molecule has 1 unspecified atom stereocenters. The Morgan fingerprint density at radius 3 is 3.00 bits per heavy atom. The van der Waals surface area contributed by atoms with Crippen molar-refractivity contribution in [2.45, 2.75) is 26.3 Å². The molecule has 1 aliphatic rings. The number of nitrogens with zero attached hydrogens (tertiary/aromatic N) is 2. The van der Waals surface area contributed by atoms with Gasteiger partial charge in [0.2, 0.25) is 11.8 Å². The van der Waals surface area contributed by atoms with Crippen molar-refractivity contribution in [1.29, 1.82) is 0 Å².